The highest BCUT2D eigenvalue weighted by Crippen LogP contribution is 2.25. The van der Waals surface area contributed by atoms with E-state index >= 15 is 0 Å². The van der Waals surface area contributed by atoms with E-state index in [4.69, 9.17) is 21.1 Å². The lowest BCUT2D eigenvalue weighted by Crippen LogP contribution is -2.13. The minimum atomic E-state index is -0.121. The number of methoxy groups -OCH3 is 1. The third kappa shape index (κ3) is 5.06. The number of thioether (sulfide) groups is 1. The third-order valence-corrected chi connectivity index (χ3v) is 5.32. The Kier molecular flexibility index (Phi) is 6.11. The summed E-state index contributed by atoms with van der Waals surface area (Å²) in [6, 6.07) is 19.9. The zero-order valence-electron chi connectivity index (χ0n) is 16.0. The van der Waals surface area contributed by atoms with Crippen LogP contribution in [0.4, 0.5) is 5.69 Å². The summed E-state index contributed by atoms with van der Waals surface area (Å²) in [4.78, 5) is 19.9. The summed E-state index contributed by atoms with van der Waals surface area (Å²) in [5.74, 6) is 2.23. The van der Waals surface area contributed by atoms with Crippen molar-refractivity contribution in [2.75, 3.05) is 18.2 Å². The number of nitrogens with zero attached hydrogens (tertiary/aromatic N) is 1. The van der Waals surface area contributed by atoms with Gasteiger partial charge in [-0.1, -0.05) is 23.4 Å². The molecule has 0 aliphatic carbocycles. The number of aromatic amines is 1. The molecular formula is C22H18ClN3O3S. The van der Waals surface area contributed by atoms with E-state index in [-0.39, 0.29) is 11.7 Å². The molecule has 4 rings (SSSR count). The van der Waals surface area contributed by atoms with Crippen LogP contribution in [0.1, 0.15) is 0 Å². The summed E-state index contributed by atoms with van der Waals surface area (Å²) in [7, 11) is 1.62. The van der Waals surface area contributed by atoms with Gasteiger partial charge in [0.15, 0.2) is 5.16 Å². The van der Waals surface area contributed by atoms with Gasteiger partial charge in [0, 0.05) is 16.8 Å². The summed E-state index contributed by atoms with van der Waals surface area (Å²) in [5.41, 5.74) is 2.39. The smallest absolute Gasteiger partial charge is 0.234 e. The Labute approximate surface area is 182 Å². The van der Waals surface area contributed by atoms with Gasteiger partial charge in [-0.3, -0.25) is 4.79 Å². The molecule has 8 heteroatoms. The van der Waals surface area contributed by atoms with Crippen molar-refractivity contribution in [2.45, 2.75) is 5.16 Å². The van der Waals surface area contributed by atoms with Gasteiger partial charge >= 0.3 is 0 Å². The van der Waals surface area contributed by atoms with Gasteiger partial charge in [0.05, 0.1) is 23.9 Å². The molecule has 0 aliphatic rings. The number of halogens is 1. The summed E-state index contributed by atoms with van der Waals surface area (Å²) < 4.78 is 11.0. The van der Waals surface area contributed by atoms with Crippen molar-refractivity contribution in [1.29, 1.82) is 0 Å². The molecule has 0 aliphatic heterocycles. The molecule has 0 unspecified atom stereocenters. The van der Waals surface area contributed by atoms with Crippen molar-refractivity contribution in [3.8, 4) is 17.2 Å². The predicted octanol–water partition coefficient (Wildman–Crippen LogP) is 5.75. The number of imidazole rings is 1. The van der Waals surface area contributed by atoms with E-state index in [1.165, 1.54) is 11.8 Å². The maximum atomic E-state index is 12.3. The van der Waals surface area contributed by atoms with Crippen LogP contribution in [0, 0.1) is 0 Å². The maximum Gasteiger partial charge on any atom is 0.234 e. The van der Waals surface area contributed by atoms with Gasteiger partial charge in [-0.2, -0.15) is 0 Å². The Balaban J connectivity index is 1.31. The molecule has 0 spiro atoms. The second-order valence-corrected chi connectivity index (χ2v) is 7.74. The highest BCUT2D eigenvalue weighted by Gasteiger charge is 2.09. The van der Waals surface area contributed by atoms with E-state index in [0.717, 1.165) is 16.8 Å². The Hall–Kier alpha value is -3.16. The number of nitrogens with one attached hydrogen (secondary N) is 2. The van der Waals surface area contributed by atoms with Crippen LogP contribution >= 0.6 is 23.4 Å². The van der Waals surface area contributed by atoms with E-state index in [1.54, 1.807) is 55.6 Å². The summed E-state index contributed by atoms with van der Waals surface area (Å²) in [6.45, 7) is 0. The molecule has 0 saturated heterocycles. The van der Waals surface area contributed by atoms with E-state index in [0.29, 0.717) is 27.4 Å². The molecule has 1 amide bonds. The number of H-pyrrole nitrogens is 1. The molecule has 152 valence electrons. The first-order chi connectivity index (χ1) is 14.6. The number of ether oxygens (including phenoxy) is 2. The van der Waals surface area contributed by atoms with E-state index in [2.05, 4.69) is 15.3 Å². The molecule has 0 fully saturated rings. The monoisotopic (exact) mass is 439 g/mol. The van der Waals surface area contributed by atoms with Crippen molar-refractivity contribution in [1.82, 2.24) is 9.97 Å². The van der Waals surface area contributed by atoms with Crippen LogP contribution in [0.15, 0.2) is 71.9 Å². The van der Waals surface area contributed by atoms with Crippen molar-refractivity contribution in [3.05, 3.63) is 71.8 Å². The fourth-order valence-corrected chi connectivity index (χ4v) is 3.55. The summed E-state index contributed by atoms with van der Waals surface area (Å²) >= 11 is 7.21. The van der Waals surface area contributed by atoms with Gasteiger partial charge in [-0.25, -0.2) is 4.98 Å². The minimum absolute atomic E-state index is 0.121. The third-order valence-electron chi connectivity index (χ3n) is 4.19. The second kappa shape index (κ2) is 9.11. The van der Waals surface area contributed by atoms with Gasteiger partial charge in [-0.15, -0.1) is 0 Å². The SMILES string of the molecule is COc1ccc2nc(SCC(=O)Nc3ccc(Oc4ccc(Cl)cc4)cc3)[nH]c2c1. The quantitative estimate of drug-likeness (QED) is 0.358. The number of carbonyl (C=O) groups excluding carboxylic acids is 1. The van der Waals surface area contributed by atoms with Crippen LogP contribution in [0.2, 0.25) is 5.02 Å². The Morgan fingerprint density at radius 2 is 1.70 bits per heavy atom. The van der Waals surface area contributed by atoms with Gasteiger partial charge in [-0.05, 0) is 60.7 Å². The molecular weight excluding hydrogens is 422 g/mol. The first kappa shape index (κ1) is 20.1. The maximum absolute atomic E-state index is 12.3. The summed E-state index contributed by atoms with van der Waals surface area (Å²) in [6.07, 6.45) is 0. The van der Waals surface area contributed by atoms with Crippen LogP contribution in [-0.2, 0) is 4.79 Å². The van der Waals surface area contributed by atoms with Gasteiger partial charge < -0.3 is 19.8 Å². The van der Waals surface area contributed by atoms with Crippen LogP contribution in [0.3, 0.4) is 0 Å². The Morgan fingerprint density at radius 1 is 1.03 bits per heavy atom. The topological polar surface area (TPSA) is 76.2 Å². The molecule has 4 aromatic rings. The molecule has 0 atom stereocenters. The number of anilines is 1. The van der Waals surface area contributed by atoms with Crippen LogP contribution in [0.25, 0.3) is 11.0 Å². The fourth-order valence-electron chi connectivity index (χ4n) is 2.74. The Bertz CT molecular complexity index is 1160. The van der Waals surface area contributed by atoms with Gasteiger partial charge in [0.1, 0.15) is 17.2 Å². The first-order valence-electron chi connectivity index (χ1n) is 9.09. The molecule has 1 aromatic heterocycles. The highest BCUT2D eigenvalue weighted by atomic mass is 35.5. The lowest BCUT2D eigenvalue weighted by atomic mass is 10.3. The van der Waals surface area contributed by atoms with Crippen LogP contribution in [-0.4, -0.2) is 28.7 Å². The molecule has 0 bridgehead atoms. The normalized spacial score (nSPS) is 10.7. The van der Waals surface area contributed by atoms with Crippen molar-refractivity contribution < 1.29 is 14.3 Å². The lowest BCUT2D eigenvalue weighted by Gasteiger charge is -2.08. The largest absolute Gasteiger partial charge is 0.497 e. The molecule has 30 heavy (non-hydrogen) atoms. The fraction of sp³-hybridized carbons (Fsp3) is 0.0909. The van der Waals surface area contributed by atoms with Crippen molar-refractivity contribution in [2.24, 2.45) is 0 Å². The average Bonchev–Trinajstić information content (AvgIpc) is 3.17. The number of rotatable bonds is 7. The predicted molar refractivity (Wildman–Crippen MR) is 120 cm³/mol. The van der Waals surface area contributed by atoms with Gasteiger partial charge in [0.25, 0.3) is 0 Å². The van der Waals surface area contributed by atoms with E-state index in [1.807, 2.05) is 18.2 Å². The van der Waals surface area contributed by atoms with E-state index in [9.17, 15) is 4.79 Å². The molecule has 2 N–H and O–H groups in total. The molecule has 6 nitrogen and oxygen atoms in total. The van der Waals surface area contributed by atoms with Crippen molar-refractivity contribution >= 4 is 46.0 Å². The second-order valence-electron chi connectivity index (χ2n) is 6.34. The minimum Gasteiger partial charge on any atom is -0.497 e. The van der Waals surface area contributed by atoms with Gasteiger partial charge in [0.2, 0.25) is 5.91 Å². The number of hydrogen-bond donors (Lipinski definition) is 2. The Morgan fingerprint density at radius 3 is 2.40 bits per heavy atom. The zero-order valence-corrected chi connectivity index (χ0v) is 17.6. The zero-order chi connectivity index (χ0) is 20.9. The van der Waals surface area contributed by atoms with E-state index < -0.39 is 0 Å². The molecule has 0 saturated carbocycles. The number of benzene rings is 3. The van der Waals surface area contributed by atoms with Crippen molar-refractivity contribution in [3.63, 3.8) is 0 Å². The van der Waals surface area contributed by atoms with Crippen LogP contribution in [0.5, 0.6) is 17.2 Å². The highest BCUT2D eigenvalue weighted by molar-refractivity contribution is 7.99. The number of hydrogen-bond acceptors (Lipinski definition) is 5. The average molecular weight is 440 g/mol. The number of fused-ring (bicyclic) bond motifs is 1. The van der Waals surface area contributed by atoms with Crippen LogP contribution < -0.4 is 14.8 Å². The number of carbonyl (C=O) groups is 1. The molecule has 3 aromatic carbocycles. The lowest BCUT2D eigenvalue weighted by molar-refractivity contribution is -0.113. The standard InChI is InChI=1S/C22H18ClN3O3S/c1-28-18-10-11-19-20(12-18)26-22(25-19)30-13-21(27)24-15-4-8-17(9-5-15)29-16-6-2-14(23)3-7-16/h2-12H,13H2,1H3,(H,24,27)(H,25,26). The number of aromatic nitrogens is 2. The molecule has 0 radical (unpaired) electrons. The molecule has 1 heterocycles. The number of amides is 1. The summed E-state index contributed by atoms with van der Waals surface area (Å²) in [5, 5.41) is 4.20. The first-order valence-corrected chi connectivity index (χ1v) is 10.5.